The quantitative estimate of drug-likeness (QED) is 0.496. The van der Waals surface area contributed by atoms with E-state index in [-0.39, 0.29) is 28.4 Å². The number of amides is 2. The van der Waals surface area contributed by atoms with Gasteiger partial charge in [0.05, 0.1) is 11.4 Å². The predicted octanol–water partition coefficient (Wildman–Crippen LogP) is 5.10. The number of fused-ring (bicyclic) bond motifs is 1. The minimum absolute atomic E-state index is 0.0197. The maximum absolute atomic E-state index is 12.3. The molecule has 1 aromatic heterocycles. The summed E-state index contributed by atoms with van der Waals surface area (Å²) in [5.41, 5.74) is 0.841. The number of hydrogen-bond donors (Lipinski definition) is 2. The first-order chi connectivity index (χ1) is 13.5. The van der Waals surface area contributed by atoms with E-state index in [0.29, 0.717) is 23.0 Å². The van der Waals surface area contributed by atoms with Gasteiger partial charge in [-0.05, 0) is 24.6 Å². The Kier molecular flexibility index (Phi) is 6.59. The molecule has 2 amide bonds. The van der Waals surface area contributed by atoms with Crippen LogP contribution in [0.25, 0.3) is 10.8 Å². The topological polar surface area (TPSA) is 80.6 Å². The molecular formula is C20H18BrClN2O4. The van der Waals surface area contributed by atoms with Crippen molar-refractivity contribution in [2.75, 3.05) is 17.3 Å². The largest absolute Gasteiger partial charge is 0.463 e. The van der Waals surface area contributed by atoms with Crippen molar-refractivity contribution in [3.63, 3.8) is 0 Å². The van der Waals surface area contributed by atoms with Gasteiger partial charge in [0.25, 0.3) is 0 Å². The van der Waals surface area contributed by atoms with Crippen LogP contribution < -0.4 is 21.0 Å². The van der Waals surface area contributed by atoms with Gasteiger partial charge in [0, 0.05) is 16.4 Å². The third kappa shape index (κ3) is 4.66. The smallest absolute Gasteiger partial charge is 0.346 e. The van der Waals surface area contributed by atoms with Gasteiger partial charge in [0.2, 0.25) is 0 Å². The number of carbonyl (C=O) groups is 1. The van der Waals surface area contributed by atoms with E-state index in [1.54, 1.807) is 12.1 Å². The van der Waals surface area contributed by atoms with E-state index in [1.807, 2.05) is 37.3 Å². The van der Waals surface area contributed by atoms with Crippen LogP contribution in [0.4, 0.5) is 10.5 Å². The van der Waals surface area contributed by atoms with E-state index < -0.39 is 5.63 Å². The van der Waals surface area contributed by atoms with Crippen LogP contribution in [-0.4, -0.2) is 18.0 Å². The van der Waals surface area contributed by atoms with Crippen molar-refractivity contribution in [3.05, 3.63) is 69.5 Å². The number of ether oxygens (including phenoxy) is 1. The van der Waals surface area contributed by atoms with Gasteiger partial charge in [-0.3, -0.25) is 0 Å². The van der Waals surface area contributed by atoms with Crippen molar-refractivity contribution in [3.8, 4) is 5.95 Å². The highest BCUT2D eigenvalue weighted by molar-refractivity contribution is 9.09. The Bertz CT molecular complexity index is 1040. The maximum Gasteiger partial charge on any atom is 0.346 e. The van der Waals surface area contributed by atoms with Crippen LogP contribution in [0.1, 0.15) is 18.5 Å². The number of benzene rings is 2. The number of anilines is 1. The van der Waals surface area contributed by atoms with E-state index >= 15 is 0 Å². The predicted molar refractivity (Wildman–Crippen MR) is 114 cm³/mol. The number of rotatable bonds is 6. The zero-order valence-electron chi connectivity index (χ0n) is 15.0. The molecule has 8 heteroatoms. The van der Waals surface area contributed by atoms with Gasteiger partial charge in [0.1, 0.15) is 11.6 Å². The van der Waals surface area contributed by atoms with E-state index in [1.165, 1.54) is 6.07 Å². The van der Waals surface area contributed by atoms with Crippen LogP contribution in [0, 0.1) is 0 Å². The molecule has 0 unspecified atom stereocenters. The Balaban J connectivity index is 1.78. The number of halogens is 2. The SMILES string of the molecule is C[C@H](NC(=O)Nc1ccc2c(Cl)c(OCCBr)oc(=O)c2c1)c1ccccc1. The van der Waals surface area contributed by atoms with Gasteiger partial charge < -0.3 is 19.8 Å². The number of hydrogen-bond acceptors (Lipinski definition) is 4. The molecule has 0 spiro atoms. The van der Waals surface area contributed by atoms with Gasteiger partial charge in [0.15, 0.2) is 0 Å². The summed E-state index contributed by atoms with van der Waals surface area (Å²) in [7, 11) is 0. The van der Waals surface area contributed by atoms with Crippen LogP contribution in [0.2, 0.25) is 5.02 Å². The zero-order valence-corrected chi connectivity index (χ0v) is 17.3. The molecule has 0 aliphatic heterocycles. The summed E-state index contributed by atoms with van der Waals surface area (Å²) < 4.78 is 10.5. The molecule has 0 radical (unpaired) electrons. The summed E-state index contributed by atoms with van der Waals surface area (Å²) in [5, 5.41) is 7.10. The second kappa shape index (κ2) is 9.12. The Labute approximate surface area is 175 Å². The Morgan fingerprint density at radius 2 is 1.96 bits per heavy atom. The van der Waals surface area contributed by atoms with Crippen molar-refractivity contribution in [1.29, 1.82) is 0 Å². The molecular weight excluding hydrogens is 448 g/mol. The number of nitrogens with one attached hydrogen (secondary N) is 2. The second-order valence-corrected chi connectivity index (χ2v) is 7.19. The fraction of sp³-hybridized carbons (Fsp3) is 0.200. The fourth-order valence-corrected chi connectivity index (χ4v) is 3.11. The molecule has 1 heterocycles. The standard InChI is InChI=1S/C20H18BrClN2O4/c1-12(13-5-3-2-4-6-13)23-20(26)24-14-7-8-15-16(11-14)18(25)28-19(17(15)22)27-10-9-21/h2-8,11-12H,9-10H2,1H3,(H2,23,24,26)/t12-/m0/s1. The maximum atomic E-state index is 12.3. The summed E-state index contributed by atoms with van der Waals surface area (Å²) in [6.45, 7) is 2.20. The van der Waals surface area contributed by atoms with Gasteiger partial charge in [-0.2, -0.15) is 0 Å². The summed E-state index contributed by atoms with van der Waals surface area (Å²) >= 11 is 9.50. The molecule has 0 aliphatic carbocycles. The molecule has 0 aliphatic rings. The van der Waals surface area contributed by atoms with Gasteiger partial charge in [-0.15, -0.1) is 0 Å². The monoisotopic (exact) mass is 464 g/mol. The fourth-order valence-electron chi connectivity index (χ4n) is 2.69. The molecule has 3 rings (SSSR count). The molecule has 6 nitrogen and oxygen atoms in total. The molecule has 0 bridgehead atoms. The van der Waals surface area contributed by atoms with E-state index in [0.717, 1.165) is 5.56 Å². The summed E-state index contributed by atoms with van der Waals surface area (Å²) in [6.07, 6.45) is 0. The van der Waals surface area contributed by atoms with E-state index in [9.17, 15) is 9.59 Å². The highest BCUT2D eigenvalue weighted by atomic mass is 79.9. The van der Waals surface area contributed by atoms with Crippen LogP contribution in [0.5, 0.6) is 5.95 Å². The molecule has 0 saturated carbocycles. The first-order valence-electron chi connectivity index (χ1n) is 8.57. The summed E-state index contributed by atoms with van der Waals surface area (Å²) in [4.78, 5) is 24.6. The molecule has 0 fully saturated rings. The summed E-state index contributed by atoms with van der Waals surface area (Å²) in [5.74, 6) is -0.0197. The van der Waals surface area contributed by atoms with E-state index in [4.69, 9.17) is 20.8 Å². The molecule has 2 aromatic carbocycles. The number of urea groups is 1. The molecule has 3 aromatic rings. The zero-order chi connectivity index (χ0) is 20.1. The van der Waals surface area contributed by atoms with Gasteiger partial charge >= 0.3 is 17.6 Å². The molecule has 0 saturated heterocycles. The molecule has 28 heavy (non-hydrogen) atoms. The third-order valence-corrected chi connectivity index (χ3v) is 4.74. The Morgan fingerprint density at radius 1 is 1.21 bits per heavy atom. The number of carbonyl (C=O) groups excluding carboxylic acids is 1. The minimum atomic E-state index is -0.592. The highest BCUT2D eigenvalue weighted by Crippen LogP contribution is 2.32. The van der Waals surface area contributed by atoms with Crippen molar-refractivity contribution in [1.82, 2.24) is 5.32 Å². The van der Waals surface area contributed by atoms with Gasteiger partial charge in [-0.25, -0.2) is 9.59 Å². The number of alkyl halides is 1. The Morgan fingerprint density at radius 3 is 2.68 bits per heavy atom. The average molecular weight is 466 g/mol. The first-order valence-corrected chi connectivity index (χ1v) is 10.1. The van der Waals surface area contributed by atoms with E-state index in [2.05, 4.69) is 26.6 Å². The Hall–Kier alpha value is -2.51. The lowest BCUT2D eigenvalue weighted by molar-refractivity contribution is 0.248. The van der Waals surface area contributed by atoms with Crippen LogP contribution in [-0.2, 0) is 0 Å². The summed E-state index contributed by atoms with van der Waals surface area (Å²) in [6, 6.07) is 13.9. The molecule has 1 atom stereocenters. The lowest BCUT2D eigenvalue weighted by Crippen LogP contribution is -2.31. The van der Waals surface area contributed by atoms with Crippen molar-refractivity contribution in [2.24, 2.45) is 0 Å². The van der Waals surface area contributed by atoms with Crippen molar-refractivity contribution >= 4 is 50.0 Å². The van der Waals surface area contributed by atoms with Crippen molar-refractivity contribution in [2.45, 2.75) is 13.0 Å². The molecule has 146 valence electrons. The van der Waals surface area contributed by atoms with Crippen LogP contribution in [0.15, 0.2) is 57.7 Å². The lowest BCUT2D eigenvalue weighted by atomic mass is 10.1. The highest BCUT2D eigenvalue weighted by Gasteiger charge is 2.15. The van der Waals surface area contributed by atoms with Crippen LogP contribution in [0.3, 0.4) is 0 Å². The van der Waals surface area contributed by atoms with Crippen molar-refractivity contribution < 1.29 is 13.9 Å². The minimum Gasteiger partial charge on any atom is -0.463 e. The second-order valence-electron chi connectivity index (χ2n) is 6.02. The normalized spacial score (nSPS) is 11.8. The average Bonchev–Trinajstić information content (AvgIpc) is 2.70. The lowest BCUT2D eigenvalue weighted by Gasteiger charge is -2.15. The van der Waals surface area contributed by atoms with Crippen LogP contribution >= 0.6 is 27.5 Å². The first kappa shape index (κ1) is 20.2. The third-order valence-electron chi connectivity index (χ3n) is 4.06. The molecule has 2 N–H and O–H groups in total. The van der Waals surface area contributed by atoms with Gasteiger partial charge in [-0.1, -0.05) is 63.9 Å².